The van der Waals surface area contributed by atoms with Crippen LogP contribution in [-0.2, 0) is 0 Å². The van der Waals surface area contributed by atoms with Gasteiger partial charge in [0.2, 0.25) is 0 Å². The van der Waals surface area contributed by atoms with Gasteiger partial charge in [-0.2, -0.15) is 0 Å². The Morgan fingerprint density at radius 3 is 2.61 bits per heavy atom. The Hall–Kier alpha value is -2.36. The number of carbonyl (C=O) groups is 1. The number of anilines is 1. The van der Waals surface area contributed by atoms with Crippen molar-refractivity contribution in [1.82, 2.24) is 4.98 Å². The minimum atomic E-state index is -0.245. The van der Waals surface area contributed by atoms with Gasteiger partial charge in [-0.1, -0.05) is 6.07 Å². The first-order chi connectivity index (χ1) is 8.56. The van der Waals surface area contributed by atoms with Gasteiger partial charge in [0.25, 0.3) is 5.91 Å². The second-order valence-corrected chi connectivity index (χ2v) is 4.14. The van der Waals surface area contributed by atoms with Gasteiger partial charge in [0.15, 0.2) is 0 Å². The molecular formula is C14H14N2O2. The van der Waals surface area contributed by atoms with Crippen LogP contribution in [0.5, 0.6) is 5.75 Å². The molecule has 92 valence electrons. The van der Waals surface area contributed by atoms with Gasteiger partial charge in [-0.3, -0.25) is 9.78 Å². The van der Waals surface area contributed by atoms with Crippen LogP contribution < -0.4 is 5.32 Å². The van der Waals surface area contributed by atoms with Crippen LogP contribution in [0.3, 0.4) is 0 Å². The summed E-state index contributed by atoms with van der Waals surface area (Å²) in [7, 11) is 0. The van der Waals surface area contributed by atoms with E-state index in [1.165, 1.54) is 12.3 Å². The Balaban J connectivity index is 2.16. The Kier molecular flexibility index (Phi) is 3.28. The average Bonchev–Trinajstić information content (AvgIpc) is 2.34. The summed E-state index contributed by atoms with van der Waals surface area (Å²) in [6.07, 6.45) is 1.53. The second-order valence-electron chi connectivity index (χ2n) is 4.14. The number of aromatic nitrogens is 1. The number of nitrogens with one attached hydrogen (secondary N) is 1. The fourth-order valence-electron chi connectivity index (χ4n) is 1.49. The Labute approximate surface area is 105 Å². The molecule has 4 heteroatoms. The summed E-state index contributed by atoms with van der Waals surface area (Å²) >= 11 is 0. The normalized spacial score (nSPS) is 10.1. The Bertz CT molecular complexity index is 577. The van der Waals surface area contributed by atoms with Crippen LogP contribution in [0.1, 0.15) is 21.6 Å². The minimum absolute atomic E-state index is 0.162. The van der Waals surface area contributed by atoms with Gasteiger partial charge in [0.05, 0.1) is 5.56 Å². The zero-order chi connectivity index (χ0) is 13.1. The van der Waals surface area contributed by atoms with E-state index >= 15 is 0 Å². The van der Waals surface area contributed by atoms with Crippen LogP contribution in [-0.4, -0.2) is 16.0 Å². The molecule has 1 aromatic heterocycles. The van der Waals surface area contributed by atoms with Gasteiger partial charge >= 0.3 is 0 Å². The lowest BCUT2D eigenvalue weighted by atomic mass is 10.2. The number of amides is 1. The third kappa shape index (κ3) is 2.66. The van der Waals surface area contributed by atoms with Gasteiger partial charge in [-0.15, -0.1) is 0 Å². The average molecular weight is 242 g/mol. The largest absolute Gasteiger partial charge is 0.508 e. The number of aromatic hydroxyl groups is 1. The summed E-state index contributed by atoms with van der Waals surface area (Å²) in [5.74, 6) is -0.0828. The molecule has 0 saturated heterocycles. The molecule has 18 heavy (non-hydrogen) atoms. The topological polar surface area (TPSA) is 62.2 Å². The van der Waals surface area contributed by atoms with Crippen LogP contribution in [0.25, 0.3) is 0 Å². The van der Waals surface area contributed by atoms with E-state index in [-0.39, 0.29) is 11.7 Å². The highest BCUT2D eigenvalue weighted by atomic mass is 16.3. The molecule has 2 N–H and O–H groups in total. The second kappa shape index (κ2) is 4.87. The number of hydrogen-bond acceptors (Lipinski definition) is 3. The van der Waals surface area contributed by atoms with E-state index in [9.17, 15) is 9.90 Å². The lowest BCUT2D eigenvalue weighted by Crippen LogP contribution is -2.12. The zero-order valence-electron chi connectivity index (χ0n) is 10.3. The maximum Gasteiger partial charge on any atom is 0.257 e. The Morgan fingerprint density at radius 2 is 2.00 bits per heavy atom. The van der Waals surface area contributed by atoms with E-state index in [0.717, 1.165) is 11.3 Å². The molecular weight excluding hydrogens is 228 g/mol. The van der Waals surface area contributed by atoms with Crippen LogP contribution >= 0.6 is 0 Å². The highest BCUT2D eigenvalue weighted by Crippen LogP contribution is 2.21. The standard InChI is InChI=1S/C14H14N2O2/c1-9-3-6-12(7-13(9)17)16-14(18)11-5-4-10(2)15-8-11/h3-8,17H,1-2H3,(H,16,18). The first-order valence-corrected chi connectivity index (χ1v) is 5.60. The number of pyridine rings is 1. The number of carbonyl (C=O) groups excluding carboxylic acids is 1. The van der Waals surface area contributed by atoms with E-state index in [0.29, 0.717) is 11.3 Å². The van der Waals surface area contributed by atoms with Crippen molar-refractivity contribution in [1.29, 1.82) is 0 Å². The third-order valence-corrected chi connectivity index (χ3v) is 2.64. The molecule has 0 atom stereocenters. The van der Waals surface area contributed by atoms with Crippen molar-refractivity contribution in [2.24, 2.45) is 0 Å². The van der Waals surface area contributed by atoms with Crippen molar-refractivity contribution >= 4 is 11.6 Å². The summed E-state index contributed by atoms with van der Waals surface area (Å²) in [5.41, 5.74) is 2.67. The van der Waals surface area contributed by atoms with E-state index in [1.807, 2.05) is 6.92 Å². The summed E-state index contributed by atoms with van der Waals surface area (Å²) in [6.45, 7) is 3.66. The molecule has 2 rings (SSSR count). The summed E-state index contributed by atoms with van der Waals surface area (Å²) in [5, 5.41) is 12.3. The number of phenolic OH excluding ortho intramolecular Hbond substituents is 1. The zero-order valence-corrected chi connectivity index (χ0v) is 10.3. The molecule has 1 amide bonds. The first-order valence-electron chi connectivity index (χ1n) is 5.60. The summed E-state index contributed by atoms with van der Waals surface area (Å²) in [4.78, 5) is 16.0. The molecule has 0 spiro atoms. The molecule has 0 fully saturated rings. The van der Waals surface area contributed by atoms with Crippen molar-refractivity contribution < 1.29 is 9.90 Å². The van der Waals surface area contributed by atoms with Gasteiger partial charge < -0.3 is 10.4 Å². The fourth-order valence-corrected chi connectivity index (χ4v) is 1.49. The fraction of sp³-hybridized carbons (Fsp3) is 0.143. The number of phenols is 1. The van der Waals surface area contributed by atoms with Crippen molar-refractivity contribution in [3.05, 3.63) is 53.3 Å². The van der Waals surface area contributed by atoms with Gasteiger partial charge in [-0.25, -0.2) is 0 Å². The van der Waals surface area contributed by atoms with Crippen molar-refractivity contribution in [3.8, 4) is 5.75 Å². The Morgan fingerprint density at radius 1 is 1.22 bits per heavy atom. The number of hydrogen-bond donors (Lipinski definition) is 2. The van der Waals surface area contributed by atoms with Crippen LogP contribution in [0.15, 0.2) is 36.5 Å². The summed E-state index contributed by atoms with van der Waals surface area (Å²) in [6, 6.07) is 8.51. The number of aryl methyl sites for hydroxylation is 2. The maximum atomic E-state index is 11.9. The molecule has 0 bridgehead atoms. The van der Waals surface area contributed by atoms with Gasteiger partial charge in [-0.05, 0) is 37.6 Å². The first kappa shape index (κ1) is 12.1. The van der Waals surface area contributed by atoms with Gasteiger partial charge in [0.1, 0.15) is 5.75 Å². The molecule has 0 unspecified atom stereocenters. The highest BCUT2D eigenvalue weighted by molar-refractivity contribution is 6.04. The number of benzene rings is 1. The van der Waals surface area contributed by atoms with E-state index in [4.69, 9.17) is 0 Å². The highest BCUT2D eigenvalue weighted by Gasteiger charge is 2.07. The molecule has 0 aliphatic heterocycles. The molecule has 4 nitrogen and oxygen atoms in total. The van der Waals surface area contributed by atoms with Crippen molar-refractivity contribution in [2.45, 2.75) is 13.8 Å². The maximum absolute atomic E-state index is 11.9. The third-order valence-electron chi connectivity index (χ3n) is 2.64. The minimum Gasteiger partial charge on any atom is -0.508 e. The predicted molar refractivity (Wildman–Crippen MR) is 69.8 cm³/mol. The van der Waals surface area contributed by atoms with Crippen molar-refractivity contribution in [2.75, 3.05) is 5.32 Å². The smallest absolute Gasteiger partial charge is 0.257 e. The van der Waals surface area contributed by atoms with Gasteiger partial charge in [0, 0.05) is 23.6 Å². The summed E-state index contributed by atoms with van der Waals surface area (Å²) < 4.78 is 0. The van der Waals surface area contributed by atoms with Crippen LogP contribution in [0.4, 0.5) is 5.69 Å². The molecule has 0 aliphatic carbocycles. The SMILES string of the molecule is Cc1ccc(C(=O)Nc2ccc(C)c(O)c2)cn1. The molecule has 2 aromatic rings. The van der Waals surface area contributed by atoms with E-state index < -0.39 is 0 Å². The molecule has 1 heterocycles. The molecule has 1 aromatic carbocycles. The number of nitrogens with zero attached hydrogens (tertiary/aromatic N) is 1. The van der Waals surface area contributed by atoms with E-state index in [1.54, 1.807) is 31.2 Å². The van der Waals surface area contributed by atoms with Crippen LogP contribution in [0.2, 0.25) is 0 Å². The number of rotatable bonds is 2. The van der Waals surface area contributed by atoms with Crippen LogP contribution in [0, 0.1) is 13.8 Å². The van der Waals surface area contributed by atoms with Crippen molar-refractivity contribution in [3.63, 3.8) is 0 Å². The molecule has 0 radical (unpaired) electrons. The lowest BCUT2D eigenvalue weighted by Gasteiger charge is -2.06. The lowest BCUT2D eigenvalue weighted by molar-refractivity contribution is 0.102. The molecule has 0 aliphatic rings. The predicted octanol–water partition coefficient (Wildman–Crippen LogP) is 2.66. The van der Waals surface area contributed by atoms with E-state index in [2.05, 4.69) is 10.3 Å². The molecule has 0 saturated carbocycles. The quantitative estimate of drug-likeness (QED) is 0.851. The monoisotopic (exact) mass is 242 g/mol.